The van der Waals surface area contributed by atoms with E-state index in [-0.39, 0.29) is 0 Å². The second-order valence-electron chi connectivity index (χ2n) is 3.90. The van der Waals surface area contributed by atoms with Crippen LogP contribution in [0.15, 0.2) is 5.11 Å². The summed E-state index contributed by atoms with van der Waals surface area (Å²) in [7, 11) is 0. The smallest absolute Gasteiger partial charge is 0.279 e. The molecule has 1 heterocycles. The number of carbonyl (C=O) groups excluding carboxylic acids is 1. The summed E-state index contributed by atoms with van der Waals surface area (Å²) in [5, 5.41) is 52.0. The lowest BCUT2D eigenvalue weighted by atomic mass is 9.96. The first kappa shape index (κ1) is 15.6. The molecule has 1 rings (SSSR count). The second-order valence-corrected chi connectivity index (χ2v) is 3.90. The van der Waals surface area contributed by atoms with Crippen molar-refractivity contribution < 1.29 is 35.1 Å². The molecule has 0 saturated carbocycles. The normalized spacial score (nSPS) is 38.4. The minimum absolute atomic E-state index is 0.669. The van der Waals surface area contributed by atoms with Crippen molar-refractivity contribution in [1.29, 1.82) is 0 Å². The first-order chi connectivity index (χ1) is 8.85. The quantitative estimate of drug-likeness (QED) is 0.133. The highest BCUT2D eigenvalue weighted by Gasteiger charge is 2.53. The van der Waals surface area contributed by atoms with E-state index in [9.17, 15) is 25.2 Å². The van der Waals surface area contributed by atoms with Crippen LogP contribution in [-0.4, -0.2) is 74.9 Å². The second kappa shape index (κ2) is 6.12. The van der Waals surface area contributed by atoms with E-state index >= 15 is 0 Å². The summed E-state index contributed by atoms with van der Waals surface area (Å²) in [6, 6.07) is 0. The summed E-state index contributed by atoms with van der Waals surface area (Å²) in [5.74, 6) is -3.70. The molecule has 0 spiro atoms. The highest BCUT2D eigenvalue weighted by Crippen LogP contribution is 2.26. The van der Waals surface area contributed by atoms with E-state index in [1.54, 1.807) is 5.32 Å². The molecular weight excluding hydrogens is 264 g/mol. The Hall–Kier alpha value is -1.46. The summed E-state index contributed by atoms with van der Waals surface area (Å²) in [6.07, 6.45) is -6.96. The van der Waals surface area contributed by atoms with Crippen LogP contribution < -0.4 is 5.32 Å². The van der Waals surface area contributed by atoms with E-state index in [2.05, 4.69) is 10.0 Å². The van der Waals surface area contributed by atoms with Gasteiger partial charge in [0.15, 0.2) is 6.10 Å². The van der Waals surface area contributed by atoms with Gasteiger partial charge >= 0.3 is 0 Å². The van der Waals surface area contributed by atoms with Crippen LogP contribution in [0.25, 0.3) is 10.4 Å². The molecule has 1 aliphatic rings. The Morgan fingerprint density at radius 1 is 1.42 bits per heavy atom. The summed E-state index contributed by atoms with van der Waals surface area (Å²) >= 11 is 0. The first-order valence-corrected chi connectivity index (χ1v) is 5.23. The van der Waals surface area contributed by atoms with Gasteiger partial charge in [0.25, 0.3) is 5.91 Å². The number of hydrogen-bond donors (Lipinski definition) is 6. The predicted molar refractivity (Wildman–Crippen MR) is 57.1 cm³/mol. The van der Waals surface area contributed by atoms with E-state index in [1.807, 2.05) is 0 Å². The van der Waals surface area contributed by atoms with Crippen molar-refractivity contribution in [2.75, 3.05) is 13.2 Å². The Balaban J connectivity index is 2.82. The zero-order valence-electron chi connectivity index (χ0n) is 9.62. The molecule has 1 saturated heterocycles. The van der Waals surface area contributed by atoms with Crippen LogP contribution >= 0.6 is 0 Å². The van der Waals surface area contributed by atoms with Crippen LogP contribution in [0, 0.1) is 0 Å². The molecule has 5 atom stereocenters. The monoisotopic (exact) mass is 278 g/mol. The fourth-order valence-corrected chi connectivity index (χ4v) is 1.59. The number of amides is 1. The maximum atomic E-state index is 11.3. The lowest BCUT2D eigenvalue weighted by Crippen LogP contribution is -2.71. The van der Waals surface area contributed by atoms with E-state index < -0.39 is 49.4 Å². The zero-order valence-corrected chi connectivity index (χ0v) is 9.62. The summed E-state index contributed by atoms with van der Waals surface area (Å²) < 4.78 is 4.75. The standard InChI is InChI=1S/C8H14N4O7/c9-12-10-1-4(14)11-8(18)7(17)6(16)5(15)3(2-13)19-8/h3,5-7,13,15-18H,1-2H2,(H,11,14)/t3-,5-,6+,7+,8+/m1/s1. The van der Waals surface area contributed by atoms with Gasteiger partial charge in [-0.1, -0.05) is 5.11 Å². The SMILES string of the molecule is [N-]=[N+]=NCC(=O)N[C@@]1(O)O[C@H](CO)[C@@H](O)[C@H](O)[C@@H]1O. The van der Waals surface area contributed by atoms with Crippen molar-refractivity contribution >= 4 is 5.91 Å². The molecule has 6 N–H and O–H groups in total. The molecule has 0 aromatic heterocycles. The maximum absolute atomic E-state index is 11.3. The van der Waals surface area contributed by atoms with Crippen molar-refractivity contribution in [3.8, 4) is 0 Å². The highest BCUT2D eigenvalue weighted by molar-refractivity contribution is 5.78. The van der Waals surface area contributed by atoms with Crippen LogP contribution in [-0.2, 0) is 9.53 Å². The third-order valence-corrected chi connectivity index (χ3v) is 2.56. The van der Waals surface area contributed by atoms with Crippen LogP contribution in [0.5, 0.6) is 0 Å². The highest BCUT2D eigenvalue weighted by atomic mass is 16.7. The molecule has 11 heteroatoms. The minimum atomic E-state index is -2.71. The van der Waals surface area contributed by atoms with Crippen molar-refractivity contribution in [2.45, 2.75) is 30.3 Å². The lowest BCUT2D eigenvalue weighted by Gasteiger charge is -2.45. The van der Waals surface area contributed by atoms with Gasteiger partial charge < -0.3 is 35.6 Å². The number of nitrogens with one attached hydrogen (secondary N) is 1. The third kappa shape index (κ3) is 3.30. The number of azide groups is 1. The Morgan fingerprint density at radius 3 is 2.58 bits per heavy atom. The molecule has 0 bridgehead atoms. The zero-order chi connectivity index (χ0) is 14.6. The molecule has 1 aliphatic heterocycles. The number of nitrogens with zero attached hydrogens (tertiary/aromatic N) is 3. The van der Waals surface area contributed by atoms with E-state index in [0.29, 0.717) is 0 Å². The van der Waals surface area contributed by atoms with Gasteiger partial charge in [-0.15, -0.1) is 0 Å². The number of hydrogen-bond acceptors (Lipinski definition) is 8. The minimum Gasteiger partial charge on any atom is -0.394 e. The molecule has 0 aliphatic carbocycles. The molecule has 0 aromatic carbocycles. The molecule has 0 unspecified atom stereocenters. The van der Waals surface area contributed by atoms with Crippen molar-refractivity contribution in [3.05, 3.63) is 10.4 Å². The number of aliphatic hydroxyl groups excluding tert-OH is 4. The van der Waals surface area contributed by atoms with Crippen LogP contribution in [0.1, 0.15) is 0 Å². The number of aliphatic hydroxyl groups is 5. The van der Waals surface area contributed by atoms with Crippen LogP contribution in [0.2, 0.25) is 0 Å². The number of rotatable bonds is 4. The molecular formula is C8H14N4O7. The van der Waals surface area contributed by atoms with Gasteiger partial charge in [-0.2, -0.15) is 0 Å². The molecule has 0 radical (unpaired) electrons. The number of carbonyl (C=O) groups is 1. The van der Waals surface area contributed by atoms with Gasteiger partial charge in [-0.25, -0.2) is 0 Å². The van der Waals surface area contributed by atoms with Gasteiger partial charge in [-0.05, 0) is 5.53 Å². The largest absolute Gasteiger partial charge is 0.394 e. The van der Waals surface area contributed by atoms with Gasteiger partial charge in [0.2, 0.25) is 5.91 Å². The molecule has 1 fully saturated rings. The van der Waals surface area contributed by atoms with Crippen molar-refractivity contribution in [2.24, 2.45) is 5.11 Å². The molecule has 0 aromatic rings. The van der Waals surface area contributed by atoms with Crippen LogP contribution in [0.4, 0.5) is 0 Å². The van der Waals surface area contributed by atoms with E-state index in [4.69, 9.17) is 15.4 Å². The fraction of sp³-hybridized carbons (Fsp3) is 0.875. The fourth-order valence-electron chi connectivity index (χ4n) is 1.59. The maximum Gasteiger partial charge on any atom is 0.279 e. The topological polar surface area (TPSA) is 188 Å². The van der Waals surface area contributed by atoms with E-state index in [1.165, 1.54) is 0 Å². The average Bonchev–Trinajstić information content (AvgIpc) is 2.38. The lowest BCUT2D eigenvalue weighted by molar-refractivity contribution is -0.358. The molecule has 1 amide bonds. The Morgan fingerprint density at radius 2 is 2.05 bits per heavy atom. The number of ether oxygens (including phenoxy) is 1. The van der Waals surface area contributed by atoms with Gasteiger partial charge in [-0.3, -0.25) is 4.79 Å². The molecule has 19 heavy (non-hydrogen) atoms. The Bertz CT molecular complexity index is 385. The summed E-state index contributed by atoms with van der Waals surface area (Å²) in [5.41, 5.74) is 8.02. The van der Waals surface area contributed by atoms with Gasteiger partial charge in [0, 0.05) is 4.91 Å². The molecule has 11 nitrogen and oxygen atoms in total. The van der Waals surface area contributed by atoms with Gasteiger partial charge in [0.05, 0.1) is 6.61 Å². The van der Waals surface area contributed by atoms with Gasteiger partial charge in [0.1, 0.15) is 24.9 Å². The Labute approximate surface area is 106 Å². The molecule has 108 valence electrons. The Kier molecular flexibility index (Phi) is 5.03. The third-order valence-electron chi connectivity index (χ3n) is 2.56. The summed E-state index contributed by atoms with van der Waals surface area (Å²) in [4.78, 5) is 13.6. The average molecular weight is 278 g/mol. The van der Waals surface area contributed by atoms with Crippen molar-refractivity contribution in [1.82, 2.24) is 5.32 Å². The van der Waals surface area contributed by atoms with Crippen LogP contribution in [0.3, 0.4) is 0 Å². The van der Waals surface area contributed by atoms with E-state index in [0.717, 1.165) is 0 Å². The first-order valence-electron chi connectivity index (χ1n) is 5.23. The van der Waals surface area contributed by atoms with Crippen molar-refractivity contribution in [3.63, 3.8) is 0 Å². The predicted octanol–water partition coefficient (Wildman–Crippen LogP) is -3.47. The summed E-state index contributed by atoms with van der Waals surface area (Å²) in [6.45, 7) is -1.43.